The van der Waals surface area contributed by atoms with E-state index in [4.69, 9.17) is 9.26 Å². The predicted octanol–water partition coefficient (Wildman–Crippen LogP) is 3.30. The molecule has 4 rings (SSSR count). The number of benzene rings is 1. The molecule has 0 spiro atoms. The van der Waals surface area contributed by atoms with Crippen LogP contribution in [0.4, 0.5) is 5.95 Å². The second kappa shape index (κ2) is 7.93. The summed E-state index contributed by atoms with van der Waals surface area (Å²) in [6, 6.07) is 12.3. The summed E-state index contributed by atoms with van der Waals surface area (Å²) in [5.74, 6) is 1.56. The van der Waals surface area contributed by atoms with Crippen LogP contribution in [-0.2, 0) is 6.61 Å². The number of aryl methyl sites for hydroxylation is 2. The van der Waals surface area contributed by atoms with Crippen molar-refractivity contribution >= 4 is 11.9 Å². The minimum Gasteiger partial charge on any atom is -0.489 e. The number of carbonyl (C=O) groups is 1. The number of amides is 1. The minimum absolute atomic E-state index is 0.165. The maximum atomic E-state index is 12.6. The number of carbonyl (C=O) groups excluding carboxylic acids is 1. The largest absolute Gasteiger partial charge is 0.489 e. The molecular weight excluding hydrogens is 372 g/mol. The molecule has 0 aliphatic heterocycles. The molecule has 1 aromatic carbocycles. The normalized spacial score (nSPS) is 10.7. The van der Waals surface area contributed by atoms with Gasteiger partial charge >= 0.3 is 0 Å². The second-order valence-corrected chi connectivity index (χ2v) is 6.30. The molecular formula is C20H18N6O3. The number of pyridine rings is 1. The topological polar surface area (TPSA) is 119 Å². The number of hydrogen-bond acceptors (Lipinski definition) is 7. The van der Waals surface area contributed by atoms with Crippen LogP contribution in [0, 0.1) is 13.8 Å². The average Bonchev–Trinajstić information content (AvgIpc) is 3.34. The van der Waals surface area contributed by atoms with Crippen molar-refractivity contribution in [1.29, 1.82) is 0 Å². The fraction of sp³-hybridized carbons (Fsp3) is 0.150. The van der Waals surface area contributed by atoms with Gasteiger partial charge in [0.1, 0.15) is 23.8 Å². The fourth-order valence-electron chi connectivity index (χ4n) is 2.70. The molecule has 0 bridgehead atoms. The van der Waals surface area contributed by atoms with Gasteiger partial charge in [0.15, 0.2) is 5.82 Å². The van der Waals surface area contributed by atoms with Crippen molar-refractivity contribution in [2.24, 2.45) is 0 Å². The van der Waals surface area contributed by atoms with Crippen molar-refractivity contribution in [3.63, 3.8) is 0 Å². The van der Waals surface area contributed by atoms with Crippen LogP contribution < -0.4 is 10.1 Å². The van der Waals surface area contributed by atoms with Gasteiger partial charge in [0.05, 0.1) is 11.3 Å². The summed E-state index contributed by atoms with van der Waals surface area (Å²) in [5, 5.41) is 13.3. The Bertz CT molecular complexity index is 1120. The summed E-state index contributed by atoms with van der Waals surface area (Å²) in [5.41, 5.74) is 2.73. The molecule has 0 aliphatic rings. The third-order valence-electron chi connectivity index (χ3n) is 4.28. The highest BCUT2D eigenvalue weighted by Crippen LogP contribution is 2.19. The predicted molar refractivity (Wildman–Crippen MR) is 104 cm³/mol. The zero-order chi connectivity index (χ0) is 20.2. The third-order valence-corrected chi connectivity index (χ3v) is 4.28. The van der Waals surface area contributed by atoms with Gasteiger partial charge in [-0.2, -0.15) is 4.98 Å². The average molecular weight is 390 g/mol. The monoisotopic (exact) mass is 390 g/mol. The molecule has 3 aromatic heterocycles. The van der Waals surface area contributed by atoms with E-state index >= 15 is 0 Å². The Morgan fingerprint density at radius 3 is 2.86 bits per heavy atom. The quantitative estimate of drug-likeness (QED) is 0.518. The van der Waals surface area contributed by atoms with E-state index < -0.39 is 0 Å². The first-order valence-corrected chi connectivity index (χ1v) is 8.90. The van der Waals surface area contributed by atoms with Crippen LogP contribution in [0.5, 0.6) is 5.75 Å². The SMILES string of the molecule is Cc1noc(C)c1COc1cccc(C(=O)Nc2n[nH]c(-c3ccccn3)n2)c1. The van der Waals surface area contributed by atoms with E-state index in [9.17, 15) is 4.79 Å². The van der Waals surface area contributed by atoms with Crippen LogP contribution in [0.25, 0.3) is 11.5 Å². The Kier molecular flexibility index (Phi) is 5.02. The molecule has 9 nitrogen and oxygen atoms in total. The van der Waals surface area contributed by atoms with E-state index in [0.29, 0.717) is 35.2 Å². The second-order valence-electron chi connectivity index (χ2n) is 6.30. The van der Waals surface area contributed by atoms with E-state index in [-0.39, 0.29) is 11.9 Å². The molecule has 0 saturated heterocycles. The number of aromatic amines is 1. The van der Waals surface area contributed by atoms with E-state index in [1.807, 2.05) is 26.0 Å². The Balaban J connectivity index is 1.43. The summed E-state index contributed by atoms with van der Waals surface area (Å²) in [7, 11) is 0. The van der Waals surface area contributed by atoms with Gasteiger partial charge in [0.25, 0.3) is 5.91 Å². The van der Waals surface area contributed by atoms with Crippen molar-refractivity contribution in [3.05, 3.63) is 71.2 Å². The summed E-state index contributed by atoms with van der Waals surface area (Å²) in [4.78, 5) is 21.0. The van der Waals surface area contributed by atoms with Crippen LogP contribution in [0.3, 0.4) is 0 Å². The molecule has 0 saturated carbocycles. The van der Waals surface area contributed by atoms with Gasteiger partial charge in [-0.15, -0.1) is 5.10 Å². The highest BCUT2D eigenvalue weighted by molar-refractivity contribution is 6.03. The Hall–Kier alpha value is -4.01. The lowest BCUT2D eigenvalue weighted by Gasteiger charge is -2.07. The number of anilines is 1. The third kappa shape index (κ3) is 4.13. The van der Waals surface area contributed by atoms with Gasteiger partial charge in [-0.1, -0.05) is 17.3 Å². The van der Waals surface area contributed by atoms with Gasteiger partial charge in [0, 0.05) is 11.8 Å². The summed E-state index contributed by atoms with van der Waals surface area (Å²) >= 11 is 0. The van der Waals surface area contributed by atoms with Crippen LogP contribution in [0.1, 0.15) is 27.4 Å². The molecule has 0 unspecified atom stereocenters. The number of ether oxygens (including phenoxy) is 1. The van der Waals surface area contributed by atoms with Crippen molar-refractivity contribution < 1.29 is 14.1 Å². The fourth-order valence-corrected chi connectivity index (χ4v) is 2.70. The molecule has 2 N–H and O–H groups in total. The number of hydrogen-bond donors (Lipinski definition) is 2. The summed E-state index contributed by atoms with van der Waals surface area (Å²) in [6.07, 6.45) is 1.66. The van der Waals surface area contributed by atoms with Gasteiger partial charge in [0.2, 0.25) is 5.95 Å². The molecule has 9 heteroatoms. The first-order chi connectivity index (χ1) is 14.1. The maximum absolute atomic E-state index is 12.6. The smallest absolute Gasteiger partial charge is 0.258 e. The lowest BCUT2D eigenvalue weighted by Crippen LogP contribution is -2.13. The Labute approximate surface area is 166 Å². The highest BCUT2D eigenvalue weighted by Gasteiger charge is 2.13. The number of nitrogens with one attached hydrogen (secondary N) is 2. The molecule has 0 fully saturated rings. The molecule has 146 valence electrons. The van der Waals surface area contributed by atoms with Crippen molar-refractivity contribution in [2.75, 3.05) is 5.32 Å². The Morgan fingerprint density at radius 2 is 2.10 bits per heavy atom. The standard InChI is InChI=1S/C20H18N6O3/c1-12-16(13(2)29-26-12)11-28-15-7-5-6-14(10-15)19(27)23-20-22-18(24-25-20)17-8-3-4-9-21-17/h3-10H,11H2,1-2H3,(H2,22,23,24,25,27). The van der Waals surface area contributed by atoms with Crippen LogP contribution in [0.15, 0.2) is 53.2 Å². The molecule has 0 radical (unpaired) electrons. The number of aromatic nitrogens is 5. The first-order valence-electron chi connectivity index (χ1n) is 8.90. The number of rotatable bonds is 6. The van der Waals surface area contributed by atoms with E-state index in [1.165, 1.54) is 0 Å². The highest BCUT2D eigenvalue weighted by atomic mass is 16.5. The van der Waals surface area contributed by atoms with Crippen LogP contribution in [-0.4, -0.2) is 31.2 Å². The van der Waals surface area contributed by atoms with Gasteiger partial charge < -0.3 is 9.26 Å². The van der Waals surface area contributed by atoms with E-state index in [0.717, 1.165) is 11.3 Å². The zero-order valence-electron chi connectivity index (χ0n) is 15.8. The van der Waals surface area contributed by atoms with Crippen molar-refractivity contribution in [2.45, 2.75) is 20.5 Å². The molecule has 3 heterocycles. The summed E-state index contributed by atoms with van der Waals surface area (Å²) in [6.45, 7) is 3.99. The lowest BCUT2D eigenvalue weighted by molar-refractivity contribution is 0.102. The van der Waals surface area contributed by atoms with Crippen molar-refractivity contribution in [3.8, 4) is 17.3 Å². The molecule has 1 amide bonds. The molecule has 0 aliphatic carbocycles. The Morgan fingerprint density at radius 1 is 1.21 bits per heavy atom. The minimum atomic E-state index is -0.348. The maximum Gasteiger partial charge on any atom is 0.258 e. The molecule has 0 atom stereocenters. The first kappa shape index (κ1) is 18.4. The van der Waals surface area contributed by atoms with Crippen molar-refractivity contribution in [1.82, 2.24) is 25.3 Å². The van der Waals surface area contributed by atoms with Gasteiger partial charge in [-0.05, 0) is 44.2 Å². The van der Waals surface area contributed by atoms with Gasteiger partial charge in [-0.25, -0.2) is 0 Å². The molecule has 29 heavy (non-hydrogen) atoms. The van der Waals surface area contributed by atoms with E-state index in [1.54, 1.807) is 36.5 Å². The number of H-pyrrole nitrogens is 1. The van der Waals surface area contributed by atoms with E-state index in [2.05, 4.69) is 30.6 Å². The lowest BCUT2D eigenvalue weighted by atomic mass is 10.2. The summed E-state index contributed by atoms with van der Waals surface area (Å²) < 4.78 is 10.9. The molecule has 4 aromatic rings. The zero-order valence-corrected chi connectivity index (χ0v) is 15.8. The van der Waals surface area contributed by atoms with Gasteiger partial charge in [-0.3, -0.25) is 20.2 Å². The van der Waals surface area contributed by atoms with Crippen LogP contribution >= 0.6 is 0 Å². The number of nitrogens with zero attached hydrogens (tertiary/aromatic N) is 4. The van der Waals surface area contributed by atoms with Crippen LogP contribution in [0.2, 0.25) is 0 Å².